The maximum atomic E-state index is 14.3. The fourth-order valence-corrected chi connectivity index (χ4v) is 3.82. The van der Waals surface area contributed by atoms with Crippen LogP contribution in [0.3, 0.4) is 0 Å². The summed E-state index contributed by atoms with van der Waals surface area (Å²) in [5, 5.41) is 13.8. The maximum absolute atomic E-state index is 14.3. The van der Waals surface area contributed by atoms with Gasteiger partial charge in [-0.2, -0.15) is 0 Å². The third-order valence-corrected chi connectivity index (χ3v) is 5.34. The third kappa shape index (κ3) is 2.78. The second kappa shape index (κ2) is 6.02. The van der Waals surface area contributed by atoms with Crippen LogP contribution >= 0.6 is 15.9 Å². The lowest BCUT2D eigenvalue weighted by Crippen LogP contribution is -2.14. The molecule has 25 heavy (non-hydrogen) atoms. The summed E-state index contributed by atoms with van der Waals surface area (Å²) in [6.07, 6.45) is 3.77. The van der Waals surface area contributed by atoms with Crippen LogP contribution in [0.2, 0.25) is 0 Å². The number of ketones is 1. The van der Waals surface area contributed by atoms with Crippen molar-refractivity contribution in [2.75, 3.05) is 5.32 Å². The Labute approximate surface area is 153 Å². The van der Waals surface area contributed by atoms with Gasteiger partial charge < -0.3 is 15.0 Å². The lowest BCUT2D eigenvalue weighted by Gasteiger charge is -2.13. The van der Waals surface area contributed by atoms with Crippen LogP contribution in [0.1, 0.15) is 47.3 Å². The summed E-state index contributed by atoms with van der Waals surface area (Å²) < 4.78 is 16.7. The summed E-state index contributed by atoms with van der Waals surface area (Å²) in [6.45, 7) is 0. The molecule has 0 atom stereocenters. The Morgan fingerprint density at radius 2 is 2.04 bits per heavy atom. The topological polar surface area (TPSA) is 54.3 Å². The van der Waals surface area contributed by atoms with Gasteiger partial charge in [-0.25, -0.2) is 4.39 Å². The van der Waals surface area contributed by atoms with Gasteiger partial charge in [0, 0.05) is 17.9 Å². The van der Waals surface area contributed by atoms with E-state index in [4.69, 9.17) is 0 Å². The van der Waals surface area contributed by atoms with Crippen molar-refractivity contribution >= 4 is 39.0 Å². The highest BCUT2D eigenvalue weighted by atomic mass is 79.9. The van der Waals surface area contributed by atoms with Crippen LogP contribution in [0.15, 0.2) is 28.2 Å². The largest absolute Gasteiger partial charge is 0.507 e. The van der Waals surface area contributed by atoms with E-state index in [1.165, 1.54) is 6.07 Å². The molecule has 1 fully saturated rings. The fraction of sp³-hybridized carbons (Fsp3) is 0.316. The van der Waals surface area contributed by atoms with Gasteiger partial charge in [-0.05, 0) is 55.0 Å². The molecule has 0 radical (unpaired) electrons. The van der Waals surface area contributed by atoms with Crippen molar-refractivity contribution in [3.8, 4) is 0 Å². The first-order chi connectivity index (χ1) is 12.0. The lowest BCUT2D eigenvalue weighted by molar-refractivity contribution is 0.0964. The van der Waals surface area contributed by atoms with Crippen LogP contribution in [0.4, 0.5) is 15.9 Å². The number of allylic oxidation sites excluding steroid dienone is 1. The zero-order valence-electron chi connectivity index (χ0n) is 13.8. The monoisotopic (exact) mass is 404 g/mol. The number of nitrogens with zero attached hydrogens (tertiary/aromatic N) is 1. The predicted molar refractivity (Wildman–Crippen MR) is 98.8 cm³/mol. The molecule has 0 unspecified atom stereocenters. The van der Waals surface area contributed by atoms with E-state index < -0.39 is 5.82 Å². The van der Waals surface area contributed by atoms with Crippen molar-refractivity contribution in [1.29, 1.82) is 0 Å². The van der Waals surface area contributed by atoms with E-state index >= 15 is 0 Å². The highest BCUT2D eigenvalue weighted by Crippen LogP contribution is 2.43. The summed E-state index contributed by atoms with van der Waals surface area (Å²) in [5.41, 5.74) is 3.44. The fourth-order valence-electron chi connectivity index (χ4n) is 3.48. The number of hydrogen-bond donors (Lipinski definition) is 2. The van der Waals surface area contributed by atoms with Gasteiger partial charge in [-0.1, -0.05) is 15.9 Å². The Morgan fingerprint density at radius 3 is 2.72 bits per heavy atom. The Kier molecular flexibility index (Phi) is 3.95. The molecule has 4 nitrogen and oxygen atoms in total. The molecule has 0 spiro atoms. The van der Waals surface area contributed by atoms with Crippen molar-refractivity contribution in [3.05, 3.63) is 50.9 Å². The number of Topliss-reactive ketones (excluding diaryl/α,β-unsaturated/α-hetero) is 1. The molecule has 1 saturated carbocycles. The quantitative estimate of drug-likeness (QED) is 0.686. The van der Waals surface area contributed by atoms with E-state index in [1.54, 1.807) is 23.7 Å². The van der Waals surface area contributed by atoms with Gasteiger partial charge >= 0.3 is 0 Å². The number of benzene rings is 1. The SMILES string of the molecule is Cn1c(Nc2ccc(Br)cc2F)c(C(O)=C2CC2)c2c1C(=O)CCC2. The van der Waals surface area contributed by atoms with E-state index in [0.717, 1.165) is 36.8 Å². The summed E-state index contributed by atoms with van der Waals surface area (Å²) in [4.78, 5) is 12.4. The van der Waals surface area contributed by atoms with Gasteiger partial charge in [0.2, 0.25) is 0 Å². The molecule has 6 heteroatoms. The molecule has 1 aromatic carbocycles. The first-order valence-electron chi connectivity index (χ1n) is 8.35. The van der Waals surface area contributed by atoms with Gasteiger partial charge in [0.05, 0.1) is 16.9 Å². The second-order valence-corrected chi connectivity index (χ2v) is 7.50. The molecule has 2 aliphatic carbocycles. The van der Waals surface area contributed by atoms with Crippen LogP contribution < -0.4 is 5.32 Å². The number of fused-ring (bicyclic) bond motifs is 1. The zero-order valence-corrected chi connectivity index (χ0v) is 15.4. The molecule has 130 valence electrons. The average molecular weight is 405 g/mol. The number of aromatic nitrogens is 1. The van der Waals surface area contributed by atoms with Gasteiger partial charge in [-0.15, -0.1) is 0 Å². The van der Waals surface area contributed by atoms with Crippen LogP contribution in [0.5, 0.6) is 0 Å². The number of nitrogens with one attached hydrogen (secondary N) is 1. The molecule has 0 saturated heterocycles. The minimum atomic E-state index is -0.399. The summed E-state index contributed by atoms with van der Waals surface area (Å²) in [6, 6.07) is 4.77. The van der Waals surface area contributed by atoms with E-state index in [1.807, 2.05) is 0 Å². The van der Waals surface area contributed by atoms with Gasteiger partial charge in [0.25, 0.3) is 0 Å². The first-order valence-corrected chi connectivity index (χ1v) is 9.15. The lowest BCUT2D eigenvalue weighted by atomic mass is 9.93. The molecular formula is C19H18BrFN2O2. The van der Waals surface area contributed by atoms with E-state index in [0.29, 0.717) is 33.7 Å². The van der Waals surface area contributed by atoms with E-state index in [-0.39, 0.29) is 11.5 Å². The van der Waals surface area contributed by atoms with E-state index in [9.17, 15) is 14.3 Å². The van der Waals surface area contributed by atoms with Crippen LogP contribution in [0.25, 0.3) is 5.76 Å². The summed E-state index contributed by atoms with van der Waals surface area (Å²) >= 11 is 3.25. The van der Waals surface area contributed by atoms with Gasteiger partial charge in [-0.3, -0.25) is 4.79 Å². The normalized spacial score (nSPS) is 16.0. The van der Waals surface area contributed by atoms with Crippen LogP contribution in [-0.4, -0.2) is 15.5 Å². The predicted octanol–water partition coefficient (Wildman–Crippen LogP) is 5.25. The summed E-state index contributed by atoms with van der Waals surface area (Å²) in [7, 11) is 1.79. The second-order valence-electron chi connectivity index (χ2n) is 6.59. The van der Waals surface area contributed by atoms with Crippen molar-refractivity contribution in [3.63, 3.8) is 0 Å². The number of aliphatic hydroxyl groups is 1. The Balaban J connectivity index is 1.89. The van der Waals surface area contributed by atoms with Crippen molar-refractivity contribution in [1.82, 2.24) is 4.57 Å². The van der Waals surface area contributed by atoms with Gasteiger partial charge in [0.1, 0.15) is 17.4 Å². The number of carbonyl (C=O) groups is 1. The van der Waals surface area contributed by atoms with Crippen LogP contribution in [-0.2, 0) is 13.5 Å². The third-order valence-electron chi connectivity index (χ3n) is 4.85. The molecular weight excluding hydrogens is 387 g/mol. The number of halogens is 2. The smallest absolute Gasteiger partial charge is 0.179 e. The number of aliphatic hydroxyl groups excluding tert-OH is 1. The molecule has 2 aliphatic rings. The number of hydrogen-bond acceptors (Lipinski definition) is 3. The summed E-state index contributed by atoms with van der Waals surface area (Å²) in [5.74, 6) is 0.484. The van der Waals surface area contributed by atoms with Crippen molar-refractivity contribution < 1.29 is 14.3 Å². The molecule has 1 heterocycles. The van der Waals surface area contributed by atoms with Gasteiger partial charge in [0.15, 0.2) is 5.78 Å². The highest BCUT2D eigenvalue weighted by Gasteiger charge is 2.32. The standard InChI is InChI=1S/C19H18BrFN2O2/c1-23-17-12(3-2-4-15(17)24)16(18(25)10-5-6-10)19(23)22-14-8-7-11(20)9-13(14)21/h7-9,22,25H,2-6H2,1H3. The highest BCUT2D eigenvalue weighted by molar-refractivity contribution is 9.10. The molecule has 0 bridgehead atoms. The Morgan fingerprint density at radius 1 is 1.28 bits per heavy atom. The molecule has 2 aromatic rings. The van der Waals surface area contributed by atoms with Crippen LogP contribution in [0, 0.1) is 5.82 Å². The molecule has 4 rings (SSSR count). The first kappa shape index (κ1) is 16.4. The maximum Gasteiger partial charge on any atom is 0.179 e. The van der Waals surface area contributed by atoms with E-state index in [2.05, 4.69) is 21.2 Å². The molecule has 0 amide bonds. The average Bonchev–Trinajstić information content (AvgIpc) is 3.37. The molecule has 0 aliphatic heterocycles. The molecule has 1 aromatic heterocycles. The minimum absolute atomic E-state index is 0.0722. The molecule has 2 N–H and O–H groups in total. The minimum Gasteiger partial charge on any atom is -0.507 e. The van der Waals surface area contributed by atoms with Crippen molar-refractivity contribution in [2.45, 2.75) is 32.1 Å². The number of anilines is 2. The number of carbonyl (C=O) groups excluding carboxylic acids is 1. The Hall–Kier alpha value is -2.08. The number of rotatable bonds is 3. The Bertz CT molecular complexity index is 924. The zero-order chi connectivity index (χ0) is 17.7. The van der Waals surface area contributed by atoms with Crippen molar-refractivity contribution in [2.24, 2.45) is 7.05 Å².